The highest BCUT2D eigenvalue weighted by molar-refractivity contribution is 5.88. The van der Waals surface area contributed by atoms with Gasteiger partial charge < -0.3 is 14.2 Å². The number of ether oxygens (including phenoxy) is 1. The van der Waals surface area contributed by atoms with Gasteiger partial charge in [-0.15, -0.1) is 5.10 Å². The lowest BCUT2D eigenvalue weighted by Gasteiger charge is -2.55. The number of tetrazole rings is 1. The minimum atomic E-state index is -0.132. The number of nitrogens with zero attached hydrogens (tertiary/aromatic N) is 8. The Morgan fingerprint density at radius 3 is 2.56 bits per heavy atom. The molecule has 2 aliphatic heterocycles. The molecule has 2 saturated heterocycles. The van der Waals surface area contributed by atoms with Gasteiger partial charge in [-0.3, -0.25) is 0 Å². The second-order valence-corrected chi connectivity index (χ2v) is 8.87. The zero-order valence-corrected chi connectivity index (χ0v) is 16.2. The van der Waals surface area contributed by atoms with Crippen LogP contribution in [0.25, 0.3) is 11.0 Å². The van der Waals surface area contributed by atoms with Crippen LogP contribution < -0.4 is 4.90 Å². The summed E-state index contributed by atoms with van der Waals surface area (Å²) in [5.74, 6) is 2.67. The summed E-state index contributed by atoms with van der Waals surface area (Å²) in [6, 6.07) is 2.10. The van der Waals surface area contributed by atoms with E-state index in [1.165, 1.54) is 0 Å². The molecular formula is C18H24N8O. The maximum atomic E-state index is 5.42. The van der Waals surface area contributed by atoms with Gasteiger partial charge >= 0.3 is 0 Å². The Kier molecular flexibility index (Phi) is 3.37. The standard InChI is InChI=1S/C18H24N8O/c1-17(2,3)16-19-14-12(5-6-25(14)7-13-21-22-23-24(13)4)15(20-16)26-8-18(9-26)10-27-11-18/h5-6H,7-11H2,1-4H3. The van der Waals surface area contributed by atoms with Crippen molar-refractivity contribution in [2.75, 3.05) is 31.2 Å². The van der Waals surface area contributed by atoms with Crippen molar-refractivity contribution in [1.82, 2.24) is 34.7 Å². The summed E-state index contributed by atoms with van der Waals surface area (Å²) >= 11 is 0. The van der Waals surface area contributed by atoms with Gasteiger partial charge in [-0.2, -0.15) is 0 Å². The van der Waals surface area contributed by atoms with Crippen LogP contribution in [0.5, 0.6) is 0 Å². The number of anilines is 1. The fourth-order valence-corrected chi connectivity index (χ4v) is 3.77. The van der Waals surface area contributed by atoms with Gasteiger partial charge in [0.15, 0.2) is 5.82 Å². The number of aromatic nitrogens is 7. The van der Waals surface area contributed by atoms with Crippen LogP contribution in [0.1, 0.15) is 32.4 Å². The Bertz CT molecular complexity index is 1000. The highest BCUT2D eigenvalue weighted by Crippen LogP contribution is 2.42. The fraction of sp³-hybridized carbons (Fsp3) is 0.611. The largest absolute Gasteiger partial charge is 0.380 e. The third kappa shape index (κ3) is 2.60. The molecule has 1 spiro atoms. The number of hydrogen-bond acceptors (Lipinski definition) is 7. The molecule has 9 nitrogen and oxygen atoms in total. The molecule has 0 saturated carbocycles. The lowest BCUT2D eigenvalue weighted by molar-refractivity contribution is -0.127. The van der Waals surface area contributed by atoms with E-state index in [1.807, 2.05) is 13.2 Å². The van der Waals surface area contributed by atoms with E-state index in [0.29, 0.717) is 12.0 Å². The van der Waals surface area contributed by atoms with Crippen LogP contribution in [-0.2, 0) is 23.7 Å². The van der Waals surface area contributed by atoms with Gasteiger partial charge in [-0.25, -0.2) is 14.6 Å². The number of rotatable bonds is 3. The average molecular weight is 368 g/mol. The van der Waals surface area contributed by atoms with Crippen LogP contribution in [0.15, 0.2) is 12.3 Å². The molecule has 0 radical (unpaired) electrons. The Morgan fingerprint density at radius 2 is 1.96 bits per heavy atom. The second-order valence-electron chi connectivity index (χ2n) is 8.87. The average Bonchev–Trinajstić information content (AvgIpc) is 3.11. The summed E-state index contributed by atoms with van der Waals surface area (Å²) in [5.41, 5.74) is 1.14. The van der Waals surface area contributed by atoms with Crippen molar-refractivity contribution in [3.8, 4) is 0 Å². The van der Waals surface area contributed by atoms with E-state index in [2.05, 4.69) is 51.8 Å². The maximum Gasteiger partial charge on any atom is 0.170 e. The van der Waals surface area contributed by atoms with E-state index in [0.717, 1.165) is 54.8 Å². The van der Waals surface area contributed by atoms with E-state index in [9.17, 15) is 0 Å². The summed E-state index contributed by atoms with van der Waals surface area (Å²) in [5, 5.41) is 12.8. The van der Waals surface area contributed by atoms with Gasteiger partial charge in [0.1, 0.15) is 17.3 Å². The predicted molar refractivity (Wildman–Crippen MR) is 99.6 cm³/mol. The highest BCUT2D eigenvalue weighted by atomic mass is 16.5. The fourth-order valence-electron chi connectivity index (χ4n) is 3.77. The molecule has 27 heavy (non-hydrogen) atoms. The van der Waals surface area contributed by atoms with Gasteiger partial charge in [0.25, 0.3) is 0 Å². The van der Waals surface area contributed by atoms with E-state index in [-0.39, 0.29) is 5.41 Å². The van der Waals surface area contributed by atoms with E-state index in [4.69, 9.17) is 14.7 Å². The topological polar surface area (TPSA) is 86.8 Å². The summed E-state index contributed by atoms with van der Waals surface area (Å²) < 4.78 is 9.21. The molecular weight excluding hydrogens is 344 g/mol. The Hall–Kier alpha value is -2.55. The summed E-state index contributed by atoms with van der Waals surface area (Å²) in [4.78, 5) is 12.2. The van der Waals surface area contributed by atoms with Gasteiger partial charge in [0, 0.05) is 31.7 Å². The summed E-state index contributed by atoms with van der Waals surface area (Å²) in [6.45, 7) is 10.8. The van der Waals surface area contributed by atoms with Crippen LogP contribution in [-0.4, -0.2) is 61.0 Å². The van der Waals surface area contributed by atoms with E-state index in [1.54, 1.807) is 4.68 Å². The normalized spacial score (nSPS) is 18.7. The molecule has 5 heterocycles. The monoisotopic (exact) mass is 368 g/mol. The molecule has 0 bridgehead atoms. The number of fused-ring (bicyclic) bond motifs is 1. The molecule has 3 aromatic heterocycles. The minimum Gasteiger partial charge on any atom is -0.380 e. The van der Waals surface area contributed by atoms with Crippen molar-refractivity contribution >= 4 is 16.9 Å². The first-order chi connectivity index (χ1) is 12.8. The van der Waals surface area contributed by atoms with Crippen molar-refractivity contribution in [3.05, 3.63) is 23.9 Å². The van der Waals surface area contributed by atoms with Gasteiger partial charge in [-0.05, 0) is 16.5 Å². The van der Waals surface area contributed by atoms with Gasteiger partial charge in [0.2, 0.25) is 0 Å². The lowest BCUT2D eigenvalue weighted by Crippen LogP contribution is -2.66. The molecule has 0 unspecified atom stereocenters. The van der Waals surface area contributed by atoms with E-state index < -0.39 is 0 Å². The molecule has 5 rings (SSSR count). The van der Waals surface area contributed by atoms with E-state index >= 15 is 0 Å². The molecule has 142 valence electrons. The second kappa shape index (κ2) is 5.48. The molecule has 0 amide bonds. The molecule has 2 aliphatic rings. The Labute approximate surface area is 157 Å². The molecule has 0 aliphatic carbocycles. The first-order valence-electron chi connectivity index (χ1n) is 9.26. The SMILES string of the molecule is Cn1nnnc1Cn1ccc2c(N3CC4(COC4)C3)nc(C(C)(C)C)nc21. The predicted octanol–water partition coefficient (Wildman–Crippen LogP) is 1.14. The number of aryl methyl sites for hydroxylation is 1. The Balaban J connectivity index is 1.58. The lowest BCUT2D eigenvalue weighted by atomic mass is 9.78. The first kappa shape index (κ1) is 16.6. The van der Waals surface area contributed by atoms with Crippen LogP contribution in [0, 0.1) is 5.41 Å². The zero-order valence-electron chi connectivity index (χ0n) is 16.2. The smallest absolute Gasteiger partial charge is 0.170 e. The summed E-state index contributed by atoms with van der Waals surface area (Å²) in [7, 11) is 1.85. The molecule has 2 fully saturated rings. The van der Waals surface area contributed by atoms with Crippen molar-refractivity contribution in [2.45, 2.75) is 32.7 Å². The van der Waals surface area contributed by atoms with Crippen molar-refractivity contribution in [2.24, 2.45) is 12.5 Å². The van der Waals surface area contributed by atoms with Crippen molar-refractivity contribution in [1.29, 1.82) is 0 Å². The van der Waals surface area contributed by atoms with Gasteiger partial charge in [0.05, 0.1) is 30.6 Å². The molecule has 0 atom stereocenters. The quantitative estimate of drug-likeness (QED) is 0.685. The third-order valence-electron chi connectivity index (χ3n) is 5.46. The van der Waals surface area contributed by atoms with Crippen molar-refractivity contribution in [3.63, 3.8) is 0 Å². The van der Waals surface area contributed by atoms with Crippen LogP contribution in [0.4, 0.5) is 5.82 Å². The molecule has 0 N–H and O–H groups in total. The van der Waals surface area contributed by atoms with Gasteiger partial charge in [-0.1, -0.05) is 20.8 Å². The molecule has 0 aromatic carbocycles. The zero-order chi connectivity index (χ0) is 18.8. The van der Waals surface area contributed by atoms with Crippen molar-refractivity contribution < 1.29 is 4.74 Å². The van der Waals surface area contributed by atoms with Crippen LogP contribution in [0.3, 0.4) is 0 Å². The van der Waals surface area contributed by atoms with Crippen LogP contribution >= 0.6 is 0 Å². The molecule has 9 heteroatoms. The minimum absolute atomic E-state index is 0.132. The third-order valence-corrected chi connectivity index (χ3v) is 5.46. The highest BCUT2D eigenvalue weighted by Gasteiger charge is 2.50. The van der Waals surface area contributed by atoms with Crippen LogP contribution in [0.2, 0.25) is 0 Å². The maximum absolute atomic E-state index is 5.42. The molecule has 3 aromatic rings. The first-order valence-corrected chi connectivity index (χ1v) is 9.26. The Morgan fingerprint density at radius 1 is 1.19 bits per heavy atom. The number of hydrogen-bond donors (Lipinski definition) is 0. The summed E-state index contributed by atoms with van der Waals surface area (Å²) in [6.07, 6.45) is 2.05.